The van der Waals surface area contributed by atoms with E-state index in [1.807, 2.05) is 21.7 Å². The van der Waals surface area contributed by atoms with Crippen molar-refractivity contribution in [1.29, 1.82) is 0 Å². The molecule has 1 aliphatic heterocycles. The lowest BCUT2D eigenvalue weighted by Crippen LogP contribution is -2.41. The number of carbonyl (C=O) groups excluding carboxylic acids is 1. The predicted octanol–water partition coefficient (Wildman–Crippen LogP) is 2.76. The number of ether oxygens (including phenoxy) is 1. The minimum atomic E-state index is 0.159. The molecule has 24 heavy (non-hydrogen) atoms. The molecule has 0 radical (unpaired) electrons. The Bertz CT molecular complexity index is 673. The zero-order valence-corrected chi connectivity index (χ0v) is 14.3. The normalized spacial score (nSPS) is 18.9. The number of thiophene rings is 1. The number of likely N-dealkylation sites (tertiary alicyclic amines) is 1. The molecule has 0 aromatic carbocycles. The van der Waals surface area contributed by atoms with Gasteiger partial charge in [-0.05, 0) is 48.1 Å². The molecule has 0 spiro atoms. The Labute approximate surface area is 144 Å². The van der Waals surface area contributed by atoms with Crippen LogP contribution in [0.25, 0.3) is 0 Å². The third-order valence-electron chi connectivity index (χ3n) is 4.60. The third kappa shape index (κ3) is 3.84. The molecule has 0 bridgehead atoms. The molecule has 2 aliphatic rings. The van der Waals surface area contributed by atoms with Crippen molar-refractivity contribution >= 4 is 17.2 Å². The zero-order valence-electron chi connectivity index (χ0n) is 13.5. The van der Waals surface area contributed by atoms with E-state index >= 15 is 0 Å². The van der Waals surface area contributed by atoms with Crippen LogP contribution in [0.15, 0.2) is 21.3 Å². The maximum Gasteiger partial charge on any atom is 0.252 e. The molecular formula is C17H21N3O3S. The van der Waals surface area contributed by atoms with E-state index in [2.05, 4.69) is 10.1 Å². The number of piperidine rings is 1. The van der Waals surface area contributed by atoms with Gasteiger partial charge in [0, 0.05) is 19.0 Å². The monoisotopic (exact) mass is 347 g/mol. The van der Waals surface area contributed by atoms with Crippen LogP contribution in [-0.4, -0.2) is 40.1 Å². The average Bonchev–Trinajstić information content (AvgIpc) is 3.13. The van der Waals surface area contributed by atoms with Gasteiger partial charge in [0.25, 0.3) is 5.89 Å². The highest BCUT2D eigenvalue weighted by Crippen LogP contribution is 2.38. The van der Waals surface area contributed by atoms with Crippen molar-refractivity contribution in [3.63, 3.8) is 0 Å². The summed E-state index contributed by atoms with van der Waals surface area (Å²) in [4.78, 5) is 18.6. The van der Waals surface area contributed by atoms with E-state index in [0.717, 1.165) is 50.2 Å². The summed E-state index contributed by atoms with van der Waals surface area (Å²) in [6.45, 7) is 1.88. The maximum atomic E-state index is 12.3. The summed E-state index contributed by atoms with van der Waals surface area (Å²) in [6.07, 6.45) is 4.71. The smallest absolute Gasteiger partial charge is 0.252 e. The molecule has 1 amide bonds. The summed E-state index contributed by atoms with van der Waals surface area (Å²) in [6, 6.07) is 2.01. The fourth-order valence-corrected chi connectivity index (χ4v) is 3.64. The number of hydrogen-bond donors (Lipinski definition) is 0. The van der Waals surface area contributed by atoms with Crippen LogP contribution in [0.5, 0.6) is 0 Å². The van der Waals surface area contributed by atoms with Crippen molar-refractivity contribution in [1.82, 2.24) is 15.0 Å². The third-order valence-corrected chi connectivity index (χ3v) is 5.33. The first-order valence-electron chi connectivity index (χ1n) is 8.51. The van der Waals surface area contributed by atoms with Crippen LogP contribution in [0.3, 0.4) is 0 Å². The molecule has 2 fully saturated rings. The van der Waals surface area contributed by atoms with Gasteiger partial charge in [0.15, 0.2) is 5.82 Å². The maximum absolute atomic E-state index is 12.3. The molecule has 2 aromatic rings. The lowest BCUT2D eigenvalue weighted by Gasteiger charge is -2.31. The van der Waals surface area contributed by atoms with Crippen molar-refractivity contribution in [2.75, 3.05) is 13.1 Å². The van der Waals surface area contributed by atoms with Gasteiger partial charge in [-0.25, -0.2) is 0 Å². The molecule has 4 rings (SSSR count). The van der Waals surface area contributed by atoms with Crippen molar-refractivity contribution in [2.24, 2.45) is 0 Å². The highest BCUT2D eigenvalue weighted by atomic mass is 32.1. The molecule has 1 saturated heterocycles. The predicted molar refractivity (Wildman–Crippen MR) is 88.7 cm³/mol. The van der Waals surface area contributed by atoms with Crippen LogP contribution in [-0.2, 0) is 22.6 Å². The van der Waals surface area contributed by atoms with Gasteiger partial charge in [0.2, 0.25) is 5.91 Å². The summed E-state index contributed by atoms with van der Waals surface area (Å²) in [7, 11) is 0. The summed E-state index contributed by atoms with van der Waals surface area (Å²) < 4.78 is 11.1. The Morgan fingerprint density at radius 3 is 2.88 bits per heavy atom. The second-order valence-corrected chi connectivity index (χ2v) is 7.30. The molecule has 1 saturated carbocycles. The van der Waals surface area contributed by atoms with Gasteiger partial charge in [0.05, 0.1) is 12.5 Å². The Balaban J connectivity index is 1.20. The van der Waals surface area contributed by atoms with E-state index in [1.54, 1.807) is 11.3 Å². The summed E-state index contributed by atoms with van der Waals surface area (Å²) in [5, 5.41) is 8.04. The van der Waals surface area contributed by atoms with Gasteiger partial charge < -0.3 is 14.2 Å². The number of rotatable bonds is 6. The Kier molecular flexibility index (Phi) is 4.62. The van der Waals surface area contributed by atoms with Crippen molar-refractivity contribution in [3.05, 3.63) is 34.1 Å². The van der Waals surface area contributed by atoms with Gasteiger partial charge in [-0.1, -0.05) is 5.16 Å². The van der Waals surface area contributed by atoms with Gasteiger partial charge >= 0.3 is 0 Å². The van der Waals surface area contributed by atoms with E-state index < -0.39 is 0 Å². The molecule has 0 atom stereocenters. The molecule has 1 aliphatic carbocycles. The first kappa shape index (κ1) is 15.8. The van der Waals surface area contributed by atoms with Crippen LogP contribution >= 0.6 is 11.3 Å². The van der Waals surface area contributed by atoms with Crippen LogP contribution in [0.2, 0.25) is 0 Å². The number of nitrogens with zero attached hydrogens (tertiary/aromatic N) is 3. The van der Waals surface area contributed by atoms with Crippen molar-refractivity contribution < 1.29 is 14.1 Å². The lowest BCUT2D eigenvalue weighted by atomic mass is 10.1. The van der Waals surface area contributed by atoms with Gasteiger partial charge in [0.1, 0.15) is 6.61 Å². The van der Waals surface area contributed by atoms with E-state index in [1.165, 1.54) is 0 Å². The zero-order chi connectivity index (χ0) is 16.4. The molecule has 2 aromatic heterocycles. The number of aromatic nitrogens is 2. The first-order chi connectivity index (χ1) is 11.8. The molecular weight excluding hydrogens is 326 g/mol. The Morgan fingerprint density at radius 2 is 2.17 bits per heavy atom. The topological polar surface area (TPSA) is 68.5 Å². The summed E-state index contributed by atoms with van der Waals surface area (Å²) in [5.41, 5.74) is 1.10. The van der Waals surface area contributed by atoms with Gasteiger partial charge in [-0.15, -0.1) is 0 Å². The fraction of sp³-hybridized carbons (Fsp3) is 0.588. The van der Waals surface area contributed by atoms with Crippen LogP contribution in [0.1, 0.15) is 48.9 Å². The fourth-order valence-electron chi connectivity index (χ4n) is 2.97. The van der Waals surface area contributed by atoms with Crippen LogP contribution in [0, 0.1) is 0 Å². The molecule has 7 heteroatoms. The highest BCUT2D eigenvalue weighted by molar-refractivity contribution is 7.07. The van der Waals surface area contributed by atoms with E-state index in [4.69, 9.17) is 9.26 Å². The number of carbonyl (C=O) groups is 1. The largest absolute Gasteiger partial charge is 0.368 e. The van der Waals surface area contributed by atoms with Gasteiger partial charge in [-0.3, -0.25) is 4.79 Å². The summed E-state index contributed by atoms with van der Waals surface area (Å²) >= 11 is 1.63. The minimum Gasteiger partial charge on any atom is -0.368 e. The average molecular weight is 347 g/mol. The molecule has 0 N–H and O–H groups in total. The first-order valence-corrected chi connectivity index (χ1v) is 9.45. The van der Waals surface area contributed by atoms with E-state index in [9.17, 15) is 4.79 Å². The molecule has 128 valence electrons. The Hall–Kier alpha value is -1.73. The van der Waals surface area contributed by atoms with Crippen molar-refractivity contribution in [2.45, 2.75) is 50.7 Å². The van der Waals surface area contributed by atoms with E-state index in [-0.39, 0.29) is 12.0 Å². The quantitative estimate of drug-likeness (QED) is 0.804. The van der Waals surface area contributed by atoms with Gasteiger partial charge in [-0.2, -0.15) is 16.3 Å². The van der Waals surface area contributed by atoms with Crippen LogP contribution < -0.4 is 0 Å². The second-order valence-electron chi connectivity index (χ2n) is 6.52. The standard InChI is InChI=1S/C17H21N3O3S/c21-16(9-12-5-8-24-11-12)20-6-3-14(4-7-20)22-10-15-18-17(19-23-15)13-1-2-13/h5,8,11,13-14H,1-4,6-7,9-10H2. The number of amides is 1. The molecule has 6 nitrogen and oxygen atoms in total. The van der Waals surface area contributed by atoms with E-state index in [0.29, 0.717) is 24.8 Å². The second kappa shape index (κ2) is 7.03. The highest BCUT2D eigenvalue weighted by Gasteiger charge is 2.29. The SMILES string of the molecule is O=C(Cc1ccsc1)N1CCC(OCc2nc(C3CC3)no2)CC1. The minimum absolute atomic E-state index is 0.159. The lowest BCUT2D eigenvalue weighted by molar-refractivity contribution is -0.133. The van der Waals surface area contributed by atoms with Crippen molar-refractivity contribution in [3.8, 4) is 0 Å². The van der Waals surface area contributed by atoms with Crippen LogP contribution in [0.4, 0.5) is 0 Å². The molecule has 3 heterocycles. The Morgan fingerprint density at radius 1 is 1.33 bits per heavy atom. The summed E-state index contributed by atoms with van der Waals surface area (Å²) in [5.74, 6) is 2.09. The number of hydrogen-bond acceptors (Lipinski definition) is 6. The molecule has 0 unspecified atom stereocenters.